The van der Waals surface area contributed by atoms with E-state index in [4.69, 9.17) is 0 Å². The van der Waals surface area contributed by atoms with Crippen molar-refractivity contribution in [3.05, 3.63) is 33.3 Å². The summed E-state index contributed by atoms with van der Waals surface area (Å²) in [5, 5.41) is 12.8. The number of aromatic nitrogens is 4. The molecule has 2 aromatic rings. The highest BCUT2D eigenvalue weighted by atomic mass is 79.9. The number of carbonyl (C=O) groups is 1. The molecule has 0 saturated heterocycles. The number of tetrazole rings is 1. The van der Waals surface area contributed by atoms with Crippen LogP contribution in [0.1, 0.15) is 21.5 Å². The molecular weight excluding hydrogens is 415 g/mol. The molecule has 1 amide bonds. The summed E-state index contributed by atoms with van der Waals surface area (Å²) in [6.45, 7) is 0. The van der Waals surface area contributed by atoms with Gasteiger partial charge in [0.2, 0.25) is 5.95 Å². The fourth-order valence-electron chi connectivity index (χ4n) is 1.91. The molecule has 12 heteroatoms. The molecule has 0 radical (unpaired) electrons. The normalized spacial score (nSPS) is 13.0. The van der Waals surface area contributed by atoms with Gasteiger partial charge in [-0.3, -0.25) is 10.1 Å². The zero-order valence-electron chi connectivity index (χ0n) is 12.4. The number of benzene rings is 1. The Morgan fingerprint density at radius 3 is 2.62 bits per heavy atom. The Bertz CT molecular complexity index is 766. The van der Waals surface area contributed by atoms with Crippen LogP contribution in [0.5, 0.6) is 0 Å². The first-order chi connectivity index (χ1) is 11.1. The molecular formula is C12H11BrF3N5O2S. The number of nitrogens with zero attached hydrogens (tertiary/aromatic N) is 4. The Morgan fingerprint density at radius 1 is 1.46 bits per heavy atom. The van der Waals surface area contributed by atoms with Crippen molar-refractivity contribution in [2.75, 3.05) is 11.6 Å². The van der Waals surface area contributed by atoms with Crippen LogP contribution in [0.4, 0.5) is 19.1 Å². The number of hydrogen-bond acceptors (Lipinski definition) is 5. The maximum absolute atomic E-state index is 13.1. The monoisotopic (exact) mass is 425 g/mol. The third-order valence-electron chi connectivity index (χ3n) is 2.99. The van der Waals surface area contributed by atoms with Gasteiger partial charge in [-0.15, -0.1) is 0 Å². The van der Waals surface area contributed by atoms with Crippen LogP contribution in [-0.2, 0) is 30.2 Å². The van der Waals surface area contributed by atoms with Gasteiger partial charge in [0.25, 0.3) is 5.91 Å². The van der Waals surface area contributed by atoms with Gasteiger partial charge in [-0.2, -0.15) is 13.2 Å². The fourth-order valence-corrected chi connectivity index (χ4v) is 3.47. The number of amides is 1. The molecule has 7 nitrogen and oxygen atoms in total. The maximum Gasteiger partial charge on any atom is 0.416 e. The van der Waals surface area contributed by atoms with E-state index in [-0.39, 0.29) is 27.3 Å². The van der Waals surface area contributed by atoms with Gasteiger partial charge in [-0.1, -0.05) is 16.3 Å². The minimum Gasteiger partial charge on any atom is -0.616 e. The molecule has 1 N–H and O–H groups in total. The fraction of sp³-hybridized carbons (Fsp3) is 0.333. The van der Waals surface area contributed by atoms with Crippen molar-refractivity contribution in [1.29, 1.82) is 0 Å². The van der Waals surface area contributed by atoms with Crippen LogP contribution in [-0.4, -0.2) is 36.9 Å². The van der Waals surface area contributed by atoms with Gasteiger partial charge in [-0.05, 0) is 38.5 Å². The first-order valence-electron chi connectivity index (χ1n) is 6.33. The van der Waals surface area contributed by atoms with Gasteiger partial charge >= 0.3 is 6.18 Å². The second kappa shape index (κ2) is 7.07. The minimum absolute atomic E-state index is 0.0346. The second-order valence-electron chi connectivity index (χ2n) is 4.75. The van der Waals surface area contributed by atoms with Gasteiger partial charge in [0.1, 0.15) is 5.75 Å². The Kier molecular flexibility index (Phi) is 5.50. The Balaban J connectivity index is 2.44. The van der Waals surface area contributed by atoms with Crippen molar-refractivity contribution in [3.8, 4) is 0 Å². The van der Waals surface area contributed by atoms with Crippen LogP contribution in [0.3, 0.4) is 0 Å². The maximum atomic E-state index is 13.1. The molecule has 1 atom stereocenters. The first kappa shape index (κ1) is 18.7. The van der Waals surface area contributed by atoms with Crippen molar-refractivity contribution >= 4 is 39.0 Å². The number of alkyl halides is 3. The van der Waals surface area contributed by atoms with E-state index in [0.29, 0.717) is 0 Å². The smallest absolute Gasteiger partial charge is 0.416 e. The van der Waals surface area contributed by atoms with Gasteiger partial charge in [0.05, 0.1) is 17.4 Å². The lowest BCUT2D eigenvalue weighted by atomic mass is 10.0. The second-order valence-corrected chi connectivity index (χ2v) is 6.98. The molecule has 24 heavy (non-hydrogen) atoms. The zero-order valence-corrected chi connectivity index (χ0v) is 14.8. The quantitative estimate of drug-likeness (QED) is 0.756. The van der Waals surface area contributed by atoms with Crippen LogP contribution >= 0.6 is 15.9 Å². The van der Waals surface area contributed by atoms with E-state index in [1.165, 1.54) is 18.0 Å². The molecule has 0 saturated carbocycles. The molecule has 1 aromatic heterocycles. The number of anilines is 1. The first-order valence-corrected chi connectivity index (χ1v) is 8.85. The lowest BCUT2D eigenvalue weighted by molar-refractivity contribution is -0.138. The van der Waals surface area contributed by atoms with Gasteiger partial charge < -0.3 is 4.55 Å². The Morgan fingerprint density at radius 2 is 2.12 bits per heavy atom. The summed E-state index contributed by atoms with van der Waals surface area (Å²) in [6.07, 6.45) is -3.34. The molecule has 1 aromatic carbocycles. The van der Waals surface area contributed by atoms with Crippen molar-refractivity contribution < 1.29 is 22.5 Å². The van der Waals surface area contributed by atoms with Crippen LogP contribution in [0.15, 0.2) is 16.6 Å². The van der Waals surface area contributed by atoms with E-state index in [9.17, 15) is 22.5 Å². The predicted molar refractivity (Wildman–Crippen MR) is 83.7 cm³/mol. The van der Waals surface area contributed by atoms with Gasteiger partial charge in [0.15, 0.2) is 0 Å². The van der Waals surface area contributed by atoms with Crippen LogP contribution in [0.2, 0.25) is 0 Å². The summed E-state index contributed by atoms with van der Waals surface area (Å²) in [6, 6.07) is 1.82. The number of nitrogens with one attached hydrogen (secondary N) is 1. The van der Waals surface area contributed by atoms with Gasteiger partial charge in [0, 0.05) is 17.1 Å². The highest BCUT2D eigenvalue weighted by Gasteiger charge is 2.36. The average molecular weight is 426 g/mol. The summed E-state index contributed by atoms with van der Waals surface area (Å²) in [5.41, 5.74) is -1.24. The topological polar surface area (TPSA) is 95.8 Å². The highest BCUT2D eigenvalue weighted by Crippen LogP contribution is 2.37. The number of rotatable bonds is 4. The van der Waals surface area contributed by atoms with E-state index in [0.717, 1.165) is 12.1 Å². The van der Waals surface area contributed by atoms with Crippen LogP contribution in [0.25, 0.3) is 0 Å². The standard InChI is InChI=1S/C12H11BrF3N5O2S/c1-21-11(18-19-20-21)17-10(22)6-3-4-8(12(14,15)16)7(9(6)13)5-24(2)23/h3-4H,5H2,1-2H3,(H,17,18,20,22). The van der Waals surface area contributed by atoms with E-state index in [2.05, 4.69) is 36.8 Å². The SMILES string of the molecule is Cn1nnnc1NC(=O)c1ccc(C(F)(F)F)c(C[S+](C)[O-])c1Br. The number of halogens is 4. The van der Waals surface area contributed by atoms with Gasteiger partial charge in [-0.25, -0.2) is 4.68 Å². The van der Waals surface area contributed by atoms with Crippen molar-refractivity contribution in [2.24, 2.45) is 7.05 Å². The third kappa shape index (κ3) is 4.05. The van der Waals surface area contributed by atoms with E-state index >= 15 is 0 Å². The Hall–Kier alpha value is -1.66. The Labute approximate surface area is 145 Å². The molecule has 0 aliphatic rings. The summed E-state index contributed by atoms with van der Waals surface area (Å²) < 4.78 is 51.9. The molecule has 1 unspecified atom stereocenters. The van der Waals surface area contributed by atoms with Crippen molar-refractivity contribution in [2.45, 2.75) is 11.9 Å². The molecule has 0 spiro atoms. The minimum atomic E-state index is -4.63. The largest absolute Gasteiger partial charge is 0.616 e. The number of hydrogen-bond donors (Lipinski definition) is 1. The highest BCUT2D eigenvalue weighted by molar-refractivity contribution is 9.10. The molecule has 0 aliphatic heterocycles. The lowest BCUT2D eigenvalue weighted by Gasteiger charge is -2.17. The summed E-state index contributed by atoms with van der Waals surface area (Å²) in [7, 11) is 1.49. The summed E-state index contributed by atoms with van der Waals surface area (Å²) in [5.74, 6) is -1.01. The zero-order chi connectivity index (χ0) is 18.1. The molecule has 1 heterocycles. The molecule has 0 fully saturated rings. The molecule has 0 bridgehead atoms. The lowest BCUT2D eigenvalue weighted by Crippen LogP contribution is -2.19. The molecule has 130 valence electrons. The van der Waals surface area contributed by atoms with Crippen molar-refractivity contribution in [1.82, 2.24) is 20.2 Å². The number of aryl methyl sites for hydroxylation is 1. The van der Waals surface area contributed by atoms with Crippen molar-refractivity contribution in [3.63, 3.8) is 0 Å². The van der Waals surface area contributed by atoms with Crippen LogP contribution in [0, 0.1) is 0 Å². The molecule has 0 aliphatic carbocycles. The van der Waals surface area contributed by atoms with E-state index < -0.39 is 28.8 Å². The average Bonchev–Trinajstić information content (AvgIpc) is 2.84. The van der Waals surface area contributed by atoms with E-state index in [1.54, 1.807) is 0 Å². The third-order valence-corrected chi connectivity index (χ3v) is 4.59. The molecule has 2 rings (SSSR count). The summed E-state index contributed by atoms with van der Waals surface area (Å²) in [4.78, 5) is 12.3. The van der Waals surface area contributed by atoms with E-state index in [1.807, 2.05) is 0 Å². The number of carbonyl (C=O) groups excluding carboxylic acids is 1. The predicted octanol–water partition coefficient (Wildman–Crippen LogP) is 2.12. The summed E-state index contributed by atoms with van der Waals surface area (Å²) >= 11 is 1.50. The van der Waals surface area contributed by atoms with Crippen LogP contribution < -0.4 is 5.32 Å².